The first-order chi connectivity index (χ1) is 11.9. The van der Waals surface area contributed by atoms with Crippen LogP contribution in [0.4, 0.5) is 0 Å². The summed E-state index contributed by atoms with van der Waals surface area (Å²) in [5, 5.41) is 22.8. The Kier molecular flexibility index (Phi) is 4.81. The molecule has 1 atom stereocenters. The summed E-state index contributed by atoms with van der Waals surface area (Å²) in [6.07, 6.45) is 5.79. The van der Waals surface area contributed by atoms with Crippen molar-refractivity contribution in [3.63, 3.8) is 0 Å². The van der Waals surface area contributed by atoms with Crippen molar-refractivity contribution in [2.45, 2.75) is 31.8 Å². The van der Waals surface area contributed by atoms with Gasteiger partial charge in [0.15, 0.2) is 0 Å². The molecule has 3 rings (SSSR count). The molecular weight excluding hydrogens is 320 g/mol. The first-order valence-electron chi connectivity index (χ1n) is 8.45. The van der Waals surface area contributed by atoms with E-state index < -0.39 is 5.60 Å². The average molecular weight is 343 g/mol. The summed E-state index contributed by atoms with van der Waals surface area (Å²) in [5.41, 5.74) is 1.16. The maximum absolute atomic E-state index is 11.5. The maximum atomic E-state index is 11.5. The van der Waals surface area contributed by atoms with Gasteiger partial charge in [-0.2, -0.15) is 0 Å². The molecule has 1 aliphatic heterocycles. The summed E-state index contributed by atoms with van der Waals surface area (Å²) in [6.45, 7) is 2.79. The van der Waals surface area contributed by atoms with Gasteiger partial charge in [-0.3, -0.25) is 10.1 Å². The minimum Gasteiger partial charge on any atom is -0.497 e. The Morgan fingerprint density at radius 3 is 2.92 bits per heavy atom. The summed E-state index contributed by atoms with van der Waals surface area (Å²) >= 11 is 0. The van der Waals surface area contributed by atoms with Crippen molar-refractivity contribution in [1.29, 1.82) is 0 Å². The Hall–Kier alpha value is -2.34. The molecule has 1 aliphatic carbocycles. The number of benzene rings is 1. The van der Waals surface area contributed by atoms with E-state index >= 15 is 0 Å². The third-order valence-electron chi connectivity index (χ3n) is 4.95. The number of nitrogens with zero attached hydrogens (tertiary/aromatic N) is 2. The van der Waals surface area contributed by atoms with Crippen molar-refractivity contribution < 1.29 is 14.8 Å². The molecule has 0 saturated carbocycles. The van der Waals surface area contributed by atoms with Crippen LogP contribution in [0.5, 0.6) is 5.75 Å². The van der Waals surface area contributed by atoms with Gasteiger partial charge in [0.25, 0.3) is 5.70 Å². The molecular formula is C19H23N2O4. The monoisotopic (exact) mass is 343 g/mol. The molecule has 1 aromatic carbocycles. The fraction of sp³-hybridized carbons (Fsp3) is 0.421. The van der Waals surface area contributed by atoms with Crippen LogP contribution in [0, 0.1) is 16.5 Å². The highest BCUT2D eigenvalue weighted by Crippen LogP contribution is 2.37. The number of allylic oxidation sites excluding steroid dienone is 3. The lowest BCUT2D eigenvalue weighted by atomic mass is 9.84. The molecule has 25 heavy (non-hydrogen) atoms. The molecule has 133 valence electrons. The van der Waals surface area contributed by atoms with E-state index in [1.165, 1.54) is 0 Å². The molecule has 1 radical (unpaired) electrons. The highest BCUT2D eigenvalue weighted by atomic mass is 16.6. The van der Waals surface area contributed by atoms with E-state index in [1.54, 1.807) is 14.0 Å². The first kappa shape index (κ1) is 17.5. The van der Waals surface area contributed by atoms with Gasteiger partial charge >= 0.3 is 0 Å². The lowest BCUT2D eigenvalue weighted by Gasteiger charge is -2.42. The van der Waals surface area contributed by atoms with Crippen LogP contribution in [-0.4, -0.2) is 35.1 Å². The van der Waals surface area contributed by atoms with Gasteiger partial charge < -0.3 is 14.7 Å². The molecule has 0 amide bonds. The van der Waals surface area contributed by atoms with Gasteiger partial charge in [0.1, 0.15) is 11.4 Å². The van der Waals surface area contributed by atoms with E-state index in [1.807, 2.05) is 41.7 Å². The third kappa shape index (κ3) is 3.39. The van der Waals surface area contributed by atoms with E-state index in [0.717, 1.165) is 12.0 Å². The molecule has 1 saturated heterocycles. The van der Waals surface area contributed by atoms with E-state index in [-0.39, 0.29) is 10.6 Å². The molecule has 0 bridgehead atoms. The summed E-state index contributed by atoms with van der Waals surface area (Å²) in [6, 6.07) is 7.41. The van der Waals surface area contributed by atoms with Crippen molar-refractivity contribution in [1.82, 2.24) is 4.90 Å². The van der Waals surface area contributed by atoms with Gasteiger partial charge in [-0.25, -0.2) is 0 Å². The summed E-state index contributed by atoms with van der Waals surface area (Å²) < 4.78 is 5.26. The molecule has 1 aromatic rings. The predicted molar refractivity (Wildman–Crippen MR) is 94.4 cm³/mol. The lowest BCUT2D eigenvalue weighted by molar-refractivity contribution is -0.423. The second kappa shape index (κ2) is 6.88. The quantitative estimate of drug-likeness (QED) is 0.672. The van der Waals surface area contributed by atoms with Gasteiger partial charge in [-0.05, 0) is 43.9 Å². The molecule has 1 fully saturated rings. The zero-order chi connectivity index (χ0) is 18.0. The van der Waals surface area contributed by atoms with Crippen LogP contribution in [-0.2, 0) is 5.60 Å². The number of nitro groups is 1. The smallest absolute Gasteiger partial charge is 0.291 e. The molecule has 0 spiro atoms. The van der Waals surface area contributed by atoms with Gasteiger partial charge in [-0.1, -0.05) is 18.2 Å². The Balaban J connectivity index is 1.93. The second-order valence-electron chi connectivity index (χ2n) is 6.61. The van der Waals surface area contributed by atoms with E-state index in [4.69, 9.17) is 4.74 Å². The van der Waals surface area contributed by atoms with Crippen molar-refractivity contribution >= 4 is 0 Å². The van der Waals surface area contributed by atoms with E-state index in [9.17, 15) is 15.2 Å². The minimum absolute atomic E-state index is 0.140. The zero-order valence-corrected chi connectivity index (χ0v) is 14.6. The second-order valence-corrected chi connectivity index (χ2v) is 6.61. The number of hydrogen-bond donors (Lipinski definition) is 1. The van der Waals surface area contributed by atoms with Crippen LogP contribution < -0.4 is 4.74 Å². The molecule has 1 unspecified atom stereocenters. The lowest BCUT2D eigenvalue weighted by Crippen LogP contribution is -2.46. The molecule has 1 heterocycles. The number of piperidine rings is 1. The summed E-state index contributed by atoms with van der Waals surface area (Å²) in [7, 11) is 1.59. The number of ether oxygens (including phenoxy) is 1. The normalized spacial score (nSPS) is 24.1. The summed E-state index contributed by atoms with van der Waals surface area (Å²) in [5.74, 6) is 0.691. The number of β-amino-alcohol motifs (C(OH)–C–C–N with tert-alkyl or cyclic N) is 1. The molecule has 6 heteroatoms. The van der Waals surface area contributed by atoms with Gasteiger partial charge in [0.2, 0.25) is 0 Å². The minimum atomic E-state index is -1.05. The van der Waals surface area contributed by atoms with Crippen LogP contribution >= 0.6 is 0 Å². The van der Waals surface area contributed by atoms with Crippen molar-refractivity contribution in [2.75, 3.05) is 20.2 Å². The van der Waals surface area contributed by atoms with Crippen LogP contribution in [0.1, 0.15) is 31.7 Å². The SMILES string of the molecule is COc1cccc(C2(O)CCCN(C3=C([N+](=O)[O-])C(C)=CC[CH]3)C2)c1. The predicted octanol–water partition coefficient (Wildman–Crippen LogP) is 3.02. The van der Waals surface area contributed by atoms with Gasteiger partial charge in [-0.15, -0.1) is 0 Å². The van der Waals surface area contributed by atoms with Crippen LogP contribution in [0.15, 0.2) is 47.3 Å². The molecule has 2 aliphatic rings. The molecule has 1 N–H and O–H groups in total. The van der Waals surface area contributed by atoms with Crippen LogP contribution in [0.25, 0.3) is 0 Å². The Morgan fingerprint density at radius 2 is 2.20 bits per heavy atom. The number of methoxy groups -OCH3 is 1. The van der Waals surface area contributed by atoms with Crippen molar-refractivity contribution in [3.05, 3.63) is 69.4 Å². The fourth-order valence-corrected chi connectivity index (χ4v) is 3.65. The Labute approximate surface area is 147 Å². The van der Waals surface area contributed by atoms with Crippen molar-refractivity contribution in [3.8, 4) is 5.75 Å². The number of rotatable bonds is 4. The third-order valence-corrected chi connectivity index (χ3v) is 4.95. The topological polar surface area (TPSA) is 75.8 Å². The Morgan fingerprint density at radius 1 is 1.40 bits per heavy atom. The van der Waals surface area contributed by atoms with Crippen LogP contribution in [0.2, 0.25) is 0 Å². The number of aliphatic hydroxyl groups is 1. The molecule has 0 aromatic heterocycles. The van der Waals surface area contributed by atoms with Gasteiger partial charge in [0, 0.05) is 18.5 Å². The number of likely N-dealkylation sites (tertiary alicyclic amines) is 1. The van der Waals surface area contributed by atoms with Crippen LogP contribution in [0.3, 0.4) is 0 Å². The first-order valence-corrected chi connectivity index (χ1v) is 8.45. The Bertz CT molecular complexity index is 741. The fourth-order valence-electron chi connectivity index (χ4n) is 3.65. The zero-order valence-electron chi connectivity index (χ0n) is 14.6. The van der Waals surface area contributed by atoms with Crippen molar-refractivity contribution in [2.24, 2.45) is 0 Å². The average Bonchev–Trinajstić information content (AvgIpc) is 2.61. The van der Waals surface area contributed by atoms with Gasteiger partial charge in [0.05, 0.1) is 24.3 Å². The highest BCUT2D eigenvalue weighted by Gasteiger charge is 2.38. The molecule has 6 nitrogen and oxygen atoms in total. The van der Waals surface area contributed by atoms with E-state index in [2.05, 4.69) is 0 Å². The van der Waals surface area contributed by atoms with E-state index in [0.29, 0.717) is 43.0 Å². The highest BCUT2D eigenvalue weighted by molar-refractivity contribution is 5.38. The summed E-state index contributed by atoms with van der Waals surface area (Å²) in [4.78, 5) is 13.1. The maximum Gasteiger partial charge on any atom is 0.291 e. The number of hydrogen-bond acceptors (Lipinski definition) is 5. The standard InChI is InChI=1S/C19H23N2O4/c1-14-6-3-9-17(18(14)21(23)24)20-11-5-10-19(22,13-20)15-7-4-8-16(12-15)25-2/h4,6-9,12,22H,3,5,10-11,13H2,1-2H3. The largest absolute Gasteiger partial charge is 0.497 e.